The van der Waals surface area contributed by atoms with Crippen LogP contribution in [-0.2, 0) is 0 Å². The van der Waals surface area contributed by atoms with Gasteiger partial charge in [-0.3, -0.25) is 0 Å². The Morgan fingerprint density at radius 3 is 2.50 bits per heavy atom. The van der Waals surface area contributed by atoms with Gasteiger partial charge in [0.25, 0.3) is 0 Å². The molecule has 1 heterocycles. The van der Waals surface area contributed by atoms with E-state index >= 15 is 0 Å². The van der Waals surface area contributed by atoms with Gasteiger partial charge in [0.15, 0.2) is 0 Å². The van der Waals surface area contributed by atoms with Crippen LogP contribution in [0.15, 0.2) is 10.5 Å². The van der Waals surface area contributed by atoms with Gasteiger partial charge in [0.05, 0.1) is 6.10 Å². The molecule has 0 bridgehead atoms. The van der Waals surface area contributed by atoms with Crippen LogP contribution in [0.5, 0.6) is 0 Å². The summed E-state index contributed by atoms with van der Waals surface area (Å²) in [5, 5.41) is 9.15. The zero-order valence-corrected chi connectivity index (χ0v) is 7.24. The van der Waals surface area contributed by atoms with E-state index in [4.69, 9.17) is 9.52 Å². The van der Waals surface area contributed by atoms with Crippen molar-refractivity contribution in [3.63, 3.8) is 0 Å². The van der Waals surface area contributed by atoms with Gasteiger partial charge in [-0.1, -0.05) is 9.24 Å². The minimum absolute atomic E-state index is 0.432. The second-order valence-electron chi connectivity index (χ2n) is 2.34. The molecule has 0 aromatic carbocycles. The van der Waals surface area contributed by atoms with E-state index in [1.54, 1.807) is 6.92 Å². The van der Waals surface area contributed by atoms with Gasteiger partial charge in [0.1, 0.15) is 11.3 Å². The van der Waals surface area contributed by atoms with Crippen molar-refractivity contribution in [2.75, 3.05) is 0 Å². The van der Waals surface area contributed by atoms with Gasteiger partial charge in [-0.15, -0.1) is 0 Å². The Morgan fingerprint density at radius 1 is 1.70 bits per heavy atom. The van der Waals surface area contributed by atoms with Gasteiger partial charge in [0, 0.05) is 5.56 Å². The molecule has 10 heavy (non-hydrogen) atoms. The molecule has 56 valence electrons. The molecule has 3 heteroatoms. The van der Waals surface area contributed by atoms with E-state index in [-0.39, 0.29) is 0 Å². The highest BCUT2D eigenvalue weighted by Crippen LogP contribution is 2.17. The van der Waals surface area contributed by atoms with Gasteiger partial charge in [-0.25, -0.2) is 0 Å². The van der Waals surface area contributed by atoms with Crippen molar-refractivity contribution < 1.29 is 9.52 Å². The molecule has 0 saturated heterocycles. The summed E-state index contributed by atoms with van der Waals surface area (Å²) in [7, 11) is 2.45. The Bertz CT molecular complexity index is 228. The predicted octanol–water partition coefficient (Wildman–Crippen LogP) is 1.14. The highest BCUT2D eigenvalue weighted by atomic mass is 31.0. The smallest absolute Gasteiger partial charge is 0.120 e. The number of aryl methyl sites for hydroxylation is 1. The number of aliphatic hydroxyl groups excluding tert-OH is 1. The second kappa shape index (κ2) is 2.73. The first kappa shape index (κ1) is 7.77. The van der Waals surface area contributed by atoms with E-state index in [9.17, 15) is 0 Å². The van der Waals surface area contributed by atoms with Crippen LogP contribution >= 0.6 is 9.24 Å². The van der Waals surface area contributed by atoms with Crippen LogP contribution in [0, 0.1) is 6.92 Å². The number of hydrogen-bond acceptors (Lipinski definition) is 2. The van der Waals surface area contributed by atoms with Crippen molar-refractivity contribution >= 4 is 14.7 Å². The van der Waals surface area contributed by atoms with Crippen molar-refractivity contribution in [3.8, 4) is 0 Å². The van der Waals surface area contributed by atoms with Gasteiger partial charge < -0.3 is 9.52 Å². The van der Waals surface area contributed by atoms with Crippen molar-refractivity contribution in [1.29, 1.82) is 0 Å². The third-order valence-electron chi connectivity index (χ3n) is 1.43. The molecule has 0 aliphatic rings. The summed E-state index contributed by atoms with van der Waals surface area (Å²) < 4.78 is 5.18. The number of aliphatic hydroxyl groups is 1. The van der Waals surface area contributed by atoms with Gasteiger partial charge >= 0.3 is 0 Å². The average molecular weight is 158 g/mol. The highest BCUT2D eigenvalue weighted by molar-refractivity contribution is 7.26. The molecule has 2 nitrogen and oxygen atoms in total. The average Bonchev–Trinajstić information content (AvgIpc) is 2.10. The molecule has 2 atom stereocenters. The van der Waals surface area contributed by atoms with E-state index in [1.807, 2.05) is 13.0 Å². The Morgan fingerprint density at radius 2 is 2.30 bits per heavy atom. The Balaban J connectivity index is 3.03. The van der Waals surface area contributed by atoms with Crippen LogP contribution in [-0.4, -0.2) is 5.11 Å². The molecule has 0 saturated carbocycles. The normalized spacial score (nSPS) is 13.6. The third kappa shape index (κ3) is 1.39. The SMILES string of the molecule is Cc1oc(P)cc1C(C)O. The molecule has 1 aromatic heterocycles. The molecule has 0 spiro atoms. The van der Waals surface area contributed by atoms with Crippen LogP contribution in [0.2, 0.25) is 0 Å². The number of rotatable bonds is 1. The van der Waals surface area contributed by atoms with E-state index in [2.05, 4.69) is 9.24 Å². The van der Waals surface area contributed by atoms with Gasteiger partial charge in [0.2, 0.25) is 0 Å². The molecule has 0 aliphatic carbocycles. The summed E-state index contributed by atoms with van der Waals surface area (Å²) in [6.45, 7) is 3.57. The zero-order valence-electron chi connectivity index (χ0n) is 6.09. The topological polar surface area (TPSA) is 33.4 Å². The molecule has 0 fully saturated rings. The summed E-state index contributed by atoms with van der Waals surface area (Å²) in [6, 6.07) is 1.82. The van der Waals surface area contributed by atoms with Crippen molar-refractivity contribution in [2.24, 2.45) is 0 Å². The van der Waals surface area contributed by atoms with Crippen LogP contribution in [0.1, 0.15) is 24.4 Å². The Labute approximate surface area is 62.4 Å². The summed E-state index contributed by atoms with van der Waals surface area (Å²) in [5.41, 5.74) is 1.64. The first-order chi connectivity index (χ1) is 4.61. The first-order valence-electron chi connectivity index (χ1n) is 3.15. The van der Waals surface area contributed by atoms with Crippen LogP contribution in [0.25, 0.3) is 0 Å². The van der Waals surface area contributed by atoms with Crippen LogP contribution in [0.4, 0.5) is 0 Å². The van der Waals surface area contributed by atoms with Gasteiger partial charge in [-0.05, 0) is 19.9 Å². The lowest BCUT2D eigenvalue weighted by Gasteiger charge is -1.98. The quantitative estimate of drug-likeness (QED) is 0.622. The molecule has 0 radical (unpaired) electrons. The summed E-state index contributed by atoms with van der Waals surface area (Å²) in [4.78, 5) is 0. The molecule has 2 unspecified atom stereocenters. The maximum atomic E-state index is 9.15. The lowest BCUT2D eigenvalue weighted by Crippen LogP contribution is -1.89. The molecular formula is C7H11O2P. The Hall–Kier alpha value is -0.330. The molecule has 1 N–H and O–H groups in total. The standard InChI is InChI=1S/C7H11O2P/c1-4(8)6-3-7(10)9-5(6)2/h3-4,8H,10H2,1-2H3. The monoisotopic (exact) mass is 158 g/mol. The van der Waals surface area contributed by atoms with Crippen molar-refractivity contribution in [3.05, 3.63) is 17.4 Å². The fourth-order valence-electron chi connectivity index (χ4n) is 0.935. The van der Waals surface area contributed by atoms with Crippen molar-refractivity contribution in [2.45, 2.75) is 20.0 Å². The summed E-state index contributed by atoms with van der Waals surface area (Å²) >= 11 is 0. The van der Waals surface area contributed by atoms with Crippen LogP contribution in [0.3, 0.4) is 0 Å². The van der Waals surface area contributed by atoms with Crippen molar-refractivity contribution in [1.82, 2.24) is 0 Å². The number of hydrogen-bond donors (Lipinski definition) is 1. The minimum atomic E-state index is -0.432. The molecule has 0 aliphatic heterocycles. The van der Waals surface area contributed by atoms with Gasteiger partial charge in [-0.2, -0.15) is 0 Å². The maximum absolute atomic E-state index is 9.15. The third-order valence-corrected chi connectivity index (χ3v) is 1.71. The van der Waals surface area contributed by atoms with E-state index in [0.717, 1.165) is 16.8 Å². The second-order valence-corrected chi connectivity index (χ2v) is 2.91. The minimum Gasteiger partial charge on any atom is -0.462 e. The lowest BCUT2D eigenvalue weighted by molar-refractivity contribution is 0.197. The first-order valence-corrected chi connectivity index (χ1v) is 3.73. The summed E-state index contributed by atoms with van der Waals surface area (Å²) in [5.74, 6) is 0.792. The Kier molecular flexibility index (Phi) is 2.12. The number of furan rings is 1. The molecule has 0 amide bonds. The highest BCUT2D eigenvalue weighted by Gasteiger charge is 2.08. The molecule has 1 aromatic rings. The van der Waals surface area contributed by atoms with E-state index in [0.29, 0.717) is 0 Å². The maximum Gasteiger partial charge on any atom is 0.120 e. The fraction of sp³-hybridized carbons (Fsp3) is 0.429. The lowest BCUT2D eigenvalue weighted by atomic mass is 10.2. The zero-order chi connectivity index (χ0) is 7.72. The largest absolute Gasteiger partial charge is 0.462 e. The predicted molar refractivity (Wildman–Crippen MR) is 43.4 cm³/mol. The van der Waals surface area contributed by atoms with E-state index in [1.165, 1.54) is 0 Å². The molecular weight excluding hydrogens is 147 g/mol. The van der Waals surface area contributed by atoms with E-state index < -0.39 is 6.10 Å². The summed E-state index contributed by atoms with van der Waals surface area (Å²) in [6.07, 6.45) is -0.432. The fourth-order valence-corrected chi connectivity index (χ4v) is 1.29. The molecule has 1 rings (SSSR count). The van der Waals surface area contributed by atoms with Crippen LogP contribution < -0.4 is 5.50 Å².